The number of nitrogens with one attached hydrogen (secondary N) is 2. The first-order valence-electron chi connectivity index (χ1n) is 10.7. The van der Waals surface area contributed by atoms with Crippen molar-refractivity contribution in [1.82, 2.24) is 5.32 Å². The first-order valence-corrected chi connectivity index (χ1v) is 10.7. The second kappa shape index (κ2) is 8.10. The molecule has 4 aliphatic rings. The Morgan fingerprint density at radius 3 is 2.40 bits per heavy atom. The summed E-state index contributed by atoms with van der Waals surface area (Å²) in [5.41, 5.74) is 0.561. The van der Waals surface area contributed by atoms with E-state index in [0.29, 0.717) is 29.0 Å². The number of hydrogen-bond acceptors (Lipinski definition) is 5. The molecule has 4 bridgehead atoms. The van der Waals surface area contributed by atoms with Gasteiger partial charge < -0.3 is 15.4 Å². The van der Waals surface area contributed by atoms with E-state index in [0.717, 1.165) is 19.3 Å². The number of amides is 2. The largest absolute Gasteiger partial charge is 0.451 e. The fraction of sp³-hybridized carbons (Fsp3) is 0.565. The molecule has 1 aromatic carbocycles. The van der Waals surface area contributed by atoms with E-state index in [1.807, 2.05) is 6.07 Å². The SMILES string of the molecule is C[C@@H](OC(=O)CNC(=O)C12CC3CC(CC(C3)C1)C2)C(=O)Nc1cccc(C#N)c1. The molecule has 5 rings (SSSR count). The summed E-state index contributed by atoms with van der Waals surface area (Å²) in [6.45, 7) is 1.24. The Kier molecular flexibility index (Phi) is 5.50. The first kappa shape index (κ1) is 20.4. The minimum atomic E-state index is -1.01. The van der Waals surface area contributed by atoms with E-state index in [2.05, 4.69) is 10.6 Å². The molecule has 1 aromatic rings. The van der Waals surface area contributed by atoms with Crippen LogP contribution in [0.15, 0.2) is 24.3 Å². The van der Waals surface area contributed by atoms with E-state index < -0.39 is 18.0 Å². The molecule has 4 aliphatic carbocycles. The van der Waals surface area contributed by atoms with Crippen LogP contribution in [0.3, 0.4) is 0 Å². The molecule has 0 aromatic heterocycles. The van der Waals surface area contributed by atoms with Gasteiger partial charge in [-0.15, -0.1) is 0 Å². The molecule has 0 spiro atoms. The second-order valence-corrected chi connectivity index (χ2v) is 9.19. The van der Waals surface area contributed by atoms with E-state index in [9.17, 15) is 14.4 Å². The Hall–Kier alpha value is -2.88. The van der Waals surface area contributed by atoms with Gasteiger partial charge in [0.1, 0.15) is 6.54 Å². The summed E-state index contributed by atoms with van der Waals surface area (Å²) in [5.74, 6) is 0.781. The lowest BCUT2D eigenvalue weighted by molar-refractivity contribution is -0.155. The predicted octanol–water partition coefficient (Wildman–Crippen LogP) is 2.76. The van der Waals surface area contributed by atoms with Gasteiger partial charge in [0.2, 0.25) is 5.91 Å². The zero-order chi connectivity index (χ0) is 21.3. The quantitative estimate of drug-likeness (QED) is 0.703. The molecule has 158 valence electrons. The summed E-state index contributed by atoms with van der Waals surface area (Å²) in [4.78, 5) is 37.3. The van der Waals surface area contributed by atoms with Crippen LogP contribution in [-0.2, 0) is 19.1 Å². The summed E-state index contributed by atoms with van der Waals surface area (Å²) >= 11 is 0. The van der Waals surface area contributed by atoms with Crippen LogP contribution in [0.2, 0.25) is 0 Å². The van der Waals surface area contributed by atoms with E-state index >= 15 is 0 Å². The van der Waals surface area contributed by atoms with E-state index in [4.69, 9.17) is 10.00 Å². The monoisotopic (exact) mass is 409 g/mol. The fourth-order valence-electron chi connectivity index (χ4n) is 5.93. The van der Waals surface area contributed by atoms with Crippen molar-refractivity contribution in [2.45, 2.75) is 51.6 Å². The van der Waals surface area contributed by atoms with Crippen molar-refractivity contribution in [2.75, 3.05) is 11.9 Å². The number of ether oxygens (including phenoxy) is 1. The van der Waals surface area contributed by atoms with Crippen molar-refractivity contribution >= 4 is 23.5 Å². The normalized spacial score (nSPS) is 29.5. The van der Waals surface area contributed by atoms with Crippen LogP contribution in [0.25, 0.3) is 0 Å². The highest BCUT2D eigenvalue weighted by Crippen LogP contribution is 2.60. The Morgan fingerprint density at radius 1 is 1.17 bits per heavy atom. The average molecular weight is 409 g/mol. The third-order valence-corrected chi connectivity index (χ3v) is 6.85. The zero-order valence-corrected chi connectivity index (χ0v) is 17.1. The molecule has 0 heterocycles. The molecular weight excluding hydrogens is 382 g/mol. The standard InChI is InChI=1S/C23H27N3O4/c1-14(21(28)26-19-4-2-3-15(8-19)12-24)30-20(27)13-25-22(29)23-9-16-5-17(10-23)7-18(6-16)11-23/h2-4,8,14,16-18H,5-7,9-11,13H2,1H3,(H,25,29)(H,26,28)/t14-,16?,17?,18?,23?/m1/s1. The highest BCUT2D eigenvalue weighted by Gasteiger charge is 2.54. The van der Waals surface area contributed by atoms with Crippen LogP contribution in [0.4, 0.5) is 5.69 Å². The topological polar surface area (TPSA) is 108 Å². The Labute approximate surface area is 176 Å². The third-order valence-electron chi connectivity index (χ3n) is 6.85. The maximum atomic E-state index is 12.9. The number of nitrogens with zero attached hydrogens (tertiary/aromatic N) is 1. The number of benzene rings is 1. The number of rotatable bonds is 6. The molecule has 2 amide bonds. The number of nitriles is 1. The number of esters is 1. The van der Waals surface area contributed by atoms with Crippen LogP contribution in [0, 0.1) is 34.5 Å². The molecule has 1 atom stereocenters. The average Bonchev–Trinajstić information content (AvgIpc) is 2.71. The third kappa shape index (κ3) is 4.18. The van der Waals surface area contributed by atoms with Crippen molar-refractivity contribution in [3.05, 3.63) is 29.8 Å². The summed E-state index contributed by atoms with van der Waals surface area (Å²) in [5, 5.41) is 14.3. The molecular formula is C23H27N3O4. The van der Waals surface area contributed by atoms with E-state index in [1.165, 1.54) is 32.3 Å². The maximum Gasteiger partial charge on any atom is 0.326 e. The number of carbonyl (C=O) groups is 3. The van der Waals surface area contributed by atoms with Gasteiger partial charge in [-0.2, -0.15) is 5.26 Å². The molecule has 0 radical (unpaired) electrons. The number of carbonyl (C=O) groups excluding carboxylic acids is 3. The summed E-state index contributed by atoms with van der Waals surface area (Å²) < 4.78 is 5.18. The van der Waals surface area contributed by atoms with Crippen molar-refractivity contribution in [2.24, 2.45) is 23.2 Å². The number of anilines is 1. The highest BCUT2D eigenvalue weighted by molar-refractivity contribution is 5.95. The minimum Gasteiger partial charge on any atom is -0.451 e. The Morgan fingerprint density at radius 2 is 1.80 bits per heavy atom. The molecule has 0 saturated heterocycles. The van der Waals surface area contributed by atoms with Crippen LogP contribution < -0.4 is 10.6 Å². The molecule has 4 fully saturated rings. The minimum absolute atomic E-state index is 0.0380. The fourth-order valence-corrected chi connectivity index (χ4v) is 5.93. The van der Waals surface area contributed by atoms with Gasteiger partial charge in [0.15, 0.2) is 6.10 Å². The van der Waals surface area contributed by atoms with Crippen molar-refractivity contribution < 1.29 is 19.1 Å². The van der Waals surface area contributed by atoms with Crippen molar-refractivity contribution in [1.29, 1.82) is 5.26 Å². The van der Waals surface area contributed by atoms with E-state index in [-0.39, 0.29) is 17.9 Å². The van der Waals surface area contributed by atoms with Gasteiger partial charge in [-0.05, 0) is 81.4 Å². The molecule has 2 N–H and O–H groups in total. The zero-order valence-electron chi connectivity index (χ0n) is 17.1. The molecule has 7 heteroatoms. The van der Waals surface area contributed by atoms with E-state index in [1.54, 1.807) is 18.2 Å². The Balaban J connectivity index is 1.26. The van der Waals surface area contributed by atoms with Crippen molar-refractivity contribution in [3.8, 4) is 6.07 Å². The first-order chi connectivity index (χ1) is 14.4. The van der Waals surface area contributed by atoms with Gasteiger partial charge in [0, 0.05) is 11.1 Å². The predicted molar refractivity (Wildman–Crippen MR) is 109 cm³/mol. The maximum absolute atomic E-state index is 12.9. The lowest BCUT2D eigenvalue weighted by Crippen LogP contribution is -2.54. The number of hydrogen-bond donors (Lipinski definition) is 2. The molecule has 0 aliphatic heterocycles. The van der Waals surface area contributed by atoms with Crippen LogP contribution in [0.1, 0.15) is 51.0 Å². The lowest BCUT2D eigenvalue weighted by atomic mass is 9.49. The summed E-state index contributed by atoms with van der Waals surface area (Å²) in [6.07, 6.45) is 5.52. The smallest absolute Gasteiger partial charge is 0.326 e. The molecule has 30 heavy (non-hydrogen) atoms. The van der Waals surface area contributed by atoms with Gasteiger partial charge in [0.05, 0.1) is 11.6 Å². The molecule has 7 nitrogen and oxygen atoms in total. The second-order valence-electron chi connectivity index (χ2n) is 9.19. The Bertz CT molecular complexity index is 869. The molecule has 4 saturated carbocycles. The van der Waals surface area contributed by atoms with Crippen molar-refractivity contribution in [3.63, 3.8) is 0 Å². The van der Waals surface area contributed by atoms with Crippen LogP contribution in [0.5, 0.6) is 0 Å². The van der Waals surface area contributed by atoms with Gasteiger partial charge in [0.25, 0.3) is 5.91 Å². The van der Waals surface area contributed by atoms with Crippen LogP contribution in [-0.4, -0.2) is 30.4 Å². The summed E-state index contributed by atoms with van der Waals surface area (Å²) in [7, 11) is 0. The summed E-state index contributed by atoms with van der Waals surface area (Å²) in [6, 6.07) is 8.48. The van der Waals surface area contributed by atoms with Crippen LogP contribution >= 0.6 is 0 Å². The van der Waals surface area contributed by atoms with Gasteiger partial charge in [-0.25, -0.2) is 0 Å². The van der Waals surface area contributed by atoms with Gasteiger partial charge in [-0.3, -0.25) is 14.4 Å². The van der Waals surface area contributed by atoms with Gasteiger partial charge >= 0.3 is 5.97 Å². The highest BCUT2D eigenvalue weighted by atomic mass is 16.5. The lowest BCUT2D eigenvalue weighted by Gasteiger charge is -2.55. The van der Waals surface area contributed by atoms with Gasteiger partial charge in [-0.1, -0.05) is 6.07 Å². The molecule has 0 unspecified atom stereocenters.